The third kappa shape index (κ3) is 1.57. The van der Waals surface area contributed by atoms with Gasteiger partial charge in [0.05, 0.1) is 12.2 Å². The molecule has 3 rings (SSSR count). The lowest BCUT2D eigenvalue weighted by Crippen LogP contribution is -2.50. The van der Waals surface area contributed by atoms with E-state index in [0.717, 1.165) is 11.3 Å². The Hall–Kier alpha value is -1.07. The molecule has 5 heteroatoms. The summed E-state index contributed by atoms with van der Waals surface area (Å²) in [5, 5.41) is 0. The lowest BCUT2D eigenvalue weighted by Gasteiger charge is -2.32. The fourth-order valence-electron chi connectivity index (χ4n) is 2.61. The van der Waals surface area contributed by atoms with E-state index in [-0.39, 0.29) is 11.4 Å². The number of hydrogen-bond acceptors (Lipinski definition) is 3. The van der Waals surface area contributed by atoms with Gasteiger partial charge >= 0.3 is 0 Å². The van der Waals surface area contributed by atoms with Crippen molar-refractivity contribution in [2.45, 2.75) is 32.0 Å². The van der Waals surface area contributed by atoms with E-state index < -0.39 is 15.6 Å². The number of sulfonamides is 1. The van der Waals surface area contributed by atoms with Crippen LogP contribution in [0.15, 0.2) is 24.3 Å². The first kappa shape index (κ1) is 12.0. The highest BCUT2D eigenvalue weighted by molar-refractivity contribution is 7.92. The average Bonchev–Trinajstić information content (AvgIpc) is 2.78. The first-order valence-electron chi connectivity index (χ1n) is 6.03. The van der Waals surface area contributed by atoms with Crippen LogP contribution in [0.1, 0.15) is 19.4 Å². The van der Waals surface area contributed by atoms with Gasteiger partial charge in [-0.2, -0.15) is 0 Å². The molecule has 0 N–H and O–H groups in total. The molecule has 2 atom stereocenters. The molecule has 0 spiro atoms. The Balaban J connectivity index is 1.99. The summed E-state index contributed by atoms with van der Waals surface area (Å²) in [7, 11) is -3.29. The molecule has 2 aliphatic rings. The van der Waals surface area contributed by atoms with Gasteiger partial charge in [-0.05, 0) is 32.9 Å². The molecule has 0 radical (unpaired) electrons. The molecule has 2 fully saturated rings. The molecule has 4 nitrogen and oxygen atoms in total. The minimum Gasteiger partial charge on any atom is -0.360 e. The van der Waals surface area contributed by atoms with Gasteiger partial charge in [-0.3, -0.25) is 4.31 Å². The first-order valence-corrected chi connectivity index (χ1v) is 7.64. The molecular formula is C13H17NO3S. The number of ether oxygens (including phenoxy) is 1. The summed E-state index contributed by atoms with van der Waals surface area (Å²) in [6.45, 7) is 6.23. The third-order valence-electron chi connectivity index (χ3n) is 4.09. The fraction of sp³-hybridized carbons (Fsp3) is 0.538. The van der Waals surface area contributed by atoms with Crippen LogP contribution in [-0.4, -0.2) is 31.9 Å². The molecule has 18 heavy (non-hydrogen) atoms. The van der Waals surface area contributed by atoms with Gasteiger partial charge in [0.15, 0.2) is 0 Å². The van der Waals surface area contributed by atoms with Crippen LogP contribution in [-0.2, 0) is 14.8 Å². The molecule has 1 aromatic carbocycles. The molecule has 0 saturated carbocycles. The summed E-state index contributed by atoms with van der Waals surface area (Å²) in [4.78, 5) is 0. The minimum atomic E-state index is -3.29. The number of benzene rings is 1. The lowest BCUT2D eigenvalue weighted by molar-refractivity contribution is 0.294. The molecule has 0 bridgehead atoms. The molecule has 2 saturated heterocycles. The van der Waals surface area contributed by atoms with Crippen molar-refractivity contribution >= 4 is 15.7 Å². The second kappa shape index (κ2) is 3.27. The van der Waals surface area contributed by atoms with E-state index in [0.29, 0.717) is 6.54 Å². The van der Waals surface area contributed by atoms with Gasteiger partial charge in [0, 0.05) is 0 Å². The summed E-state index contributed by atoms with van der Waals surface area (Å²) in [6, 6.07) is 7.55. The van der Waals surface area contributed by atoms with Gasteiger partial charge in [0.25, 0.3) is 0 Å². The molecule has 0 amide bonds. The van der Waals surface area contributed by atoms with Crippen LogP contribution in [0, 0.1) is 6.92 Å². The highest BCUT2D eigenvalue weighted by Gasteiger charge is 2.69. The van der Waals surface area contributed by atoms with Crippen molar-refractivity contribution in [3.8, 4) is 0 Å². The summed E-state index contributed by atoms with van der Waals surface area (Å²) in [5.74, 6) is 0.0599. The maximum atomic E-state index is 12.3. The predicted molar refractivity (Wildman–Crippen MR) is 70.2 cm³/mol. The topological polar surface area (TPSA) is 49.9 Å². The van der Waals surface area contributed by atoms with E-state index in [1.807, 2.05) is 45.0 Å². The minimum absolute atomic E-state index is 0.0599. The van der Waals surface area contributed by atoms with Crippen molar-refractivity contribution in [3.63, 3.8) is 0 Å². The maximum absolute atomic E-state index is 12.3. The van der Waals surface area contributed by atoms with Crippen molar-refractivity contribution in [3.05, 3.63) is 29.8 Å². The van der Waals surface area contributed by atoms with Crippen molar-refractivity contribution in [1.82, 2.24) is 0 Å². The van der Waals surface area contributed by atoms with Gasteiger partial charge in [0.2, 0.25) is 10.0 Å². The lowest BCUT2D eigenvalue weighted by atomic mass is 9.97. The summed E-state index contributed by atoms with van der Waals surface area (Å²) in [5.41, 5.74) is 0.988. The number of rotatable bonds is 1. The Kier molecular flexibility index (Phi) is 2.18. The van der Waals surface area contributed by atoms with Gasteiger partial charge in [-0.25, -0.2) is 8.42 Å². The monoisotopic (exact) mass is 267 g/mol. The number of nitrogens with zero attached hydrogens (tertiary/aromatic N) is 1. The zero-order chi connectivity index (χ0) is 13.2. The molecule has 0 aromatic heterocycles. The zero-order valence-corrected chi connectivity index (χ0v) is 11.6. The van der Waals surface area contributed by atoms with E-state index in [2.05, 4.69) is 0 Å². The highest BCUT2D eigenvalue weighted by atomic mass is 32.2. The predicted octanol–water partition coefficient (Wildman–Crippen LogP) is 1.69. The van der Waals surface area contributed by atoms with Crippen molar-refractivity contribution in [2.24, 2.45) is 0 Å². The van der Waals surface area contributed by atoms with Crippen LogP contribution < -0.4 is 4.31 Å². The average molecular weight is 267 g/mol. The van der Waals surface area contributed by atoms with Crippen molar-refractivity contribution in [2.75, 3.05) is 16.6 Å². The van der Waals surface area contributed by atoms with E-state index in [1.165, 1.54) is 4.31 Å². The smallest absolute Gasteiger partial charge is 0.238 e. The number of anilines is 1. The van der Waals surface area contributed by atoms with Crippen LogP contribution in [0.4, 0.5) is 5.69 Å². The third-order valence-corrected chi connectivity index (χ3v) is 6.02. The molecule has 1 aromatic rings. The highest BCUT2D eigenvalue weighted by Crippen LogP contribution is 2.53. The van der Waals surface area contributed by atoms with E-state index in [1.54, 1.807) is 0 Å². The van der Waals surface area contributed by atoms with E-state index in [4.69, 9.17) is 4.74 Å². The second-order valence-corrected chi connectivity index (χ2v) is 7.56. The molecule has 0 aliphatic carbocycles. The Morgan fingerprint density at radius 1 is 1.17 bits per heavy atom. The SMILES string of the molecule is Cc1ccc(N2C[C@@]3(C)O[C@@]3(C)CS2(=O)=O)cc1. The van der Waals surface area contributed by atoms with Gasteiger partial charge in [-0.1, -0.05) is 17.7 Å². The molecule has 98 valence electrons. The fourth-order valence-corrected chi connectivity index (χ4v) is 4.72. The number of fused-ring (bicyclic) bond motifs is 1. The van der Waals surface area contributed by atoms with Gasteiger partial charge in [-0.15, -0.1) is 0 Å². The van der Waals surface area contributed by atoms with Crippen LogP contribution in [0.25, 0.3) is 0 Å². The Morgan fingerprint density at radius 2 is 1.78 bits per heavy atom. The van der Waals surface area contributed by atoms with Gasteiger partial charge < -0.3 is 4.74 Å². The van der Waals surface area contributed by atoms with Crippen LogP contribution in [0.2, 0.25) is 0 Å². The van der Waals surface area contributed by atoms with E-state index >= 15 is 0 Å². The number of hydrogen-bond donors (Lipinski definition) is 0. The first-order chi connectivity index (χ1) is 8.26. The number of aryl methyl sites for hydroxylation is 1. The van der Waals surface area contributed by atoms with Crippen molar-refractivity contribution < 1.29 is 13.2 Å². The van der Waals surface area contributed by atoms with Gasteiger partial charge in [0.1, 0.15) is 17.0 Å². The van der Waals surface area contributed by atoms with Crippen LogP contribution in [0.3, 0.4) is 0 Å². The molecule has 2 heterocycles. The summed E-state index contributed by atoms with van der Waals surface area (Å²) >= 11 is 0. The normalized spacial score (nSPS) is 37.2. The Bertz CT molecular complexity index is 595. The second-order valence-electron chi connectivity index (χ2n) is 5.66. The number of epoxide rings is 1. The maximum Gasteiger partial charge on any atom is 0.238 e. The Morgan fingerprint density at radius 3 is 2.39 bits per heavy atom. The quantitative estimate of drug-likeness (QED) is 0.728. The van der Waals surface area contributed by atoms with Crippen LogP contribution >= 0.6 is 0 Å². The zero-order valence-electron chi connectivity index (χ0n) is 10.8. The molecular weight excluding hydrogens is 250 g/mol. The molecule has 2 aliphatic heterocycles. The summed E-state index contributed by atoms with van der Waals surface area (Å²) in [6.07, 6.45) is 0. The largest absolute Gasteiger partial charge is 0.360 e. The summed E-state index contributed by atoms with van der Waals surface area (Å²) < 4.78 is 31.7. The van der Waals surface area contributed by atoms with Crippen LogP contribution in [0.5, 0.6) is 0 Å². The molecule has 0 unspecified atom stereocenters. The van der Waals surface area contributed by atoms with E-state index in [9.17, 15) is 8.42 Å². The standard InChI is InChI=1S/C13H17NO3S/c1-10-4-6-11(7-5-10)14-8-12(2)13(3,17-12)9-18(14,15)16/h4-7H,8-9H2,1-3H3/t12-,13+/m1/s1. The van der Waals surface area contributed by atoms with Crippen molar-refractivity contribution in [1.29, 1.82) is 0 Å². The Labute approximate surface area is 108 Å².